The Morgan fingerprint density at radius 1 is 1.00 bits per heavy atom. The fourth-order valence-corrected chi connectivity index (χ4v) is 2.28. The molecular formula is C17H14N2O3. The normalized spacial score (nSPS) is 13.8. The highest BCUT2D eigenvalue weighted by molar-refractivity contribution is 6.21. The molecule has 5 nitrogen and oxygen atoms in total. The monoisotopic (exact) mass is 294 g/mol. The van der Waals surface area contributed by atoms with Crippen LogP contribution in [-0.4, -0.2) is 29.6 Å². The highest BCUT2D eigenvalue weighted by Gasteiger charge is 2.35. The van der Waals surface area contributed by atoms with Crippen LogP contribution in [0.5, 0.6) is 5.75 Å². The molecule has 1 aliphatic heterocycles. The fraction of sp³-hybridized carbons (Fsp3) is 0.118. The summed E-state index contributed by atoms with van der Waals surface area (Å²) in [6.45, 7) is 2.41. The van der Waals surface area contributed by atoms with Gasteiger partial charge < -0.3 is 4.74 Å². The lowest BCUT2D eigenvalue weighted by atomic mass is 10.1. The maximum absolute atomic E-state index is 12.2. The SMILES string of the molecule is CCOc1ccccc1/C=N\N1C(=O)c2ccccc2C1=O. The molecule has 3 rings (SSSR count). The van der Waals surface area contributed by atoms with E-state index < -0.39 is 11.8 Å². The van der Waals surface area contributed by atoms with E-state index in [1.807, 2.05) is 31.2 Å². The topological polar surface area (TPSA) is 59.0 Å². The van der Waals surface area contributed by atoms with Crippen molar-refractivity contribution in [3.05, 3.63) is 65.2 Å². The van der Waals surface area contributed by atoms with Crippen LogP contribution in [0.1, 0.15) is 33.2 Å². The highest BCUT2D eigenvalue weighted by atomic mass is 16.5. The Hall–Kier alpha value is -2.95. The summed E-state index contributed by atoms with van der Waals surface area (Å²) in [6.07, 6.45) is 1.46. The molecule has 0 bridgehead atoms. The van der Waals surface area contributed by atoms with Crippen molar-refractivity contribution in [3.63, 3.8) is 0 Å². The zero-order chi connectivity index (χ0) is 15.5. The Morgan fingerprint density at radius 2 is 1.59 bits per heavy atom. The second-order valence-electron chi connectivity index (χ2n) is 4.68. The number of carbonyl (C=O) groups is 2. The van der Waals surface area contributed by atoms with Crippen molar-refractivity contribution < 1.29 is 14.3 Å². The molecule has 0 aliphatic carbocycles. The van der Waals surface area contributed by atoms with Gasteiger partial charge in [-0.1, -0.05) is 24.3 Å². The predicted molar refractivity (Wildman–Crippen MR) is 82.1 cm³/mol. The standard InChI is InChI=1S/C17H14N2O3/c1-2-22-15-10-6-3-7-12(15)11-18-19-16(20)13-8-4-5-9-14(13)17(19)21/h3-11H,2H2,1H3/b18-11-. The first-order chi connectivity index (χ1) is 10.7. The third-order valence-electron chi connectivity index (χ3n) is 3.30. The van der Waals surface area contributed by atoms with Crippen molar-refractivity contribution in [1.29, 1.82) is 0 Å². The van der Waals surface area contributed by atoms with Crippen molar-refractivity contribution in [2.24, 2.45) is 5.10 Å². The van der Waals surface area contributed by atoms with Crippen LogP contribution >= 0.6 is 0 Å². The average molecular weight is 294 g/mol. The maximum atomic E-state index is 12.2. The van der Waals surface area contributed by atoms with Gasteiger partial charge in [0.25, 0.3) is 11.8 Å². The molecule has 0 radical (unpaired) electrons. The number of hydrogen-bond acceptors (Lipinski definition) is 4. The number of carbonyl (C=O) groups excluding carboxylic acids is 2. The Kier molecular flexibility index (Phi) is 3.70. The van der Waals surface area contributed by atoms with Gasteiger partial charge >= 0.3 is 0 Å². The molecule has 0 aromatic heterocycles. The van der Waals surface area contributed by atoms with Crippen LogP contribution in [0.4, 0.5) is 0 Å². The number of benzene rings is 2. The minimum Gasteiger partial charge on any atom is -0.493 e. The molecule has 0 saturated heterocycles. The zero-order valence-electron chi connectivity index (χ0n) is 12.0. The van der Waals surface area contributed by atoms with E-state index in [4.69, 9.17) is 4.74 Å². The lowest BCUT2D eigenvalue weighted by Gasteiger charge is -2.08. The molecule has 1 heterocycles. The second kappa shape index (κ2) is 5.81. The van der Waals surface area contributed by atoms with Gasteiger partial charge in [0.15, 0.2) is 0 Å². The molecule has 2 aromatic rings. The summed E-state index contributed by atoms with van der Waals surface area (Å²) in [7, 11) is 0. The van der Waals surface area contributed by atoms with E-state index in [2.05, 4.69) is 5.10 Å². The van der Waals surface area contributed by atoms with Crippen LogP contribution in [-0.2, 0) is 0 Å². The minimum absolute atomic E-state index is 0.378. The van der Waals surface area contributed by atoms with Gasteiger partial charge in [0.1, 0.15) is 5.75 Å². The third kappa shape index (κ3) is 2.37. The van der Waals surface area contributed by atoms with Crippen LogP contribution in [0.15, 0.2) is 53.6 Å². The quantitative estimate of drug-likeness (QED) is 0.643. The Morgan fingerprint density at radius 3 is 2.23 bits per heavy atom. The van der Waals surface area contributed by atoms with Gasteiger partial charge in [-0.25, -0.2) is 0 Å². The molecule has 0 spiro atoms. The van der Waals surface area contributed by atoms with E-state index in [0.717, 1.165) is 5.01 Å². The first-order valence-electron chi connectivity index (χ1n) is 6.96. The Labute approximate surface area is 127 Å². The molecular weight excluding hydrogens is 280 g/mol. The molecule has 2 amide bonds. The molecule has 0 N–H and O–H groups in total. The largest absolute Gasteiger partial charge is 0.493 e. The number of ether oxygens (including phenoxy) is 1. The molecule has 1 aliphatic rings. The van der Waals surface area contributed by atoms with Crippen LogP contribution in [0.2, 0.25) is 0 Å². The van der Waals surface area contributed by atoms with Crippen LogP contribution < -0.4 is 4.74 Å². The molecule has 5 heteroatoms. The van der Waals surface area contributed by atoms with Crippen molar-refractivity contribution in [1.82, 2.24) is 5.01 Å². The smallest absolute Gasteiger partial charge is 0.282 e. The van der Waals surface area contributed by atoms with E-state index in [1.54, 1.807) is 24.3 Å². The first-order valence-corrected chi connectivity index (χ1v) is 6.96. The molecule has 22 heavy (non-hydrogen) atoms. The second-order valence-corrected chi connectivity index (χ2v) is 4.68. The summed E-state index contributed by atoms with van der Waals surface area (Å²) in [5.74, 6) is -0.165. The Bertz CT molecular complexity index is 733. The summed E-state index contributed by atoms with van der Waals surface area (Å²) >= 11 is 0. The van der Waals surface area contributed by atoms with Crippen LogP contribution in [0.25, 0.3) is 0 Å². The molecule has 110 valence electrons. The lowest BCUT2D eigenvalue weighted by Crippen LogP contribution is -2.24. The van der Waals surface area contributed by atoms with Gasteiger partial charge in [-0.15, -0.1) is 0 Å². The van der Waals surface area contributed by atoms with Gasteiger partial charge in [0, 0.05) is 5.56 Å². The first kappa shape index (κ1) is 14.0. The van der Waals surface area contributed by atoms with Gasteiger partial charge in [-0.05, 0) is 31.2 Å². The lowest BCUT2D eigenvalue weighted by molar-refractivity contribution is 0.0660. The number of hydrazone groups is 1. The fourth-order valence-electron chi connectivity index (χ4n) is 2.28. The van der Waals surface area contributed by atoms with Crippen molar-refractivity contribution in [2.45, 2.75) is 6.92 Å². The zero-order valence-corrected chi connectivity index (χ0v) is 12.0. The summed E-state index contributed by atoms with van der Waals surface area (Å²) in [5.41, 5.74) is 1.46. The number of hydrogen-bond donors (Lipinski definition) is 0. The summed E-state index contributed by atoms with van der Waals surface area (Å²) < 4.78 is 5.49. The van der Waals surface area contributed by atoms with E-state index >= 15 is 0 Å². The molecule has 0 unspecified atom stereocenters. The predicted octanol–water partition coefficient (Wildman–Crippen LogP) is 2.72. The van der Waals surface area contributed by atoms with Crippen molar-refractivity contribution >= 4 is 18.0 Å². The molecule has 0 fully saturated rings. The number of rotatable bonds is 4. The highest BCUT2D eigenvalue weighted by Crippen LogP contribution is 2.23. The van der Waals surface area contributed by atoms with Gasteiger partial charge in [0.05, 0.1) is 23.9 Å². The number of fused-ring (bicyclic) bond motifs is 1. The minimum atomic E-state index is -0.411. The van der Waals surface area contributed by atoms with Crippen molar-refractivity contribution in [2.75, 3.05) is 6.61 Å². The van der Waals surface area contributed by atoms with Crippen molar-refractivity contribution in [3.8, 4) is 5.75 Å². The van der Waals surface area contributed by atoms with E-state index in [-0.39, 0.29) is 0 Å². The van der Waals surface area contributed by atoms with Gasteiger partial charge in [0.2, 0.25) is 0 Å². The number of amides is 2. The average Bonchev–Trinajstić information content (AvgIpc) is 2.79. The van der Waals surface area contributed by atoms with E-state index in [9.17, 15) is 9.59 Å². The summed E-state index contributed by atoms with van der Waals surface area (Å²) in [5, 5.41) is 4.92. The third-order valence-corrected chi connectivity index (χ3v) is 3.30. The summed E-state index contributed by atoms with van der Waals surface area (Å²) in [4.78, 5) is 24.4. The maximum Gasteiger partial charge on any atom is 0.282 e. The van der Waals surface area contributed by atoms with Crippen LogP contribution in [0, 0.1) is 0 Å². The van der Waals surface area contributed by atoms with E-state index in [0.29, 0.717) is 29.0 Å². The molecule has 0 atom stereocenters. The number of imide groups is 1. The van der Waals surface area contributed by atoms with Gasteiger partial charge in [-0.3, -0.25) is 9.59 Å². The molecule has 2 aromatic carbocycles. The molecule has 0 saturated carbocycles. The summed E-state index contributed by atoms with van der Waals surface area (Å²) in [6, 6.07) is 14.0. The number of nitrogens with zero attached hydrogens (tertiary/aromatic N) is 2. The van der Waals surface area contributed by atoms with Gasteiger partial charge in [-0.2, -0.15) is 10.1 Å². The van der Waals surface area contributed by atoms with E-state index in [1.165, 1.54) is 6.21 Å². The van der Waals surface area contributed by atoms with Crippen LogP contribution in [0.3, 0.4) is 0 Å². The number of para-hydroxylation sites is 1. The Balaban J connectivity index is 1.89.